The standard InChI is InChI=1S/C13H25NO/c1-2-13(7-4-8-13)11-14-9-6-12-5-3-10-15-12/h12,14H,2-11H2,1H3. The smallest absolute Gasteiger partial charge is 0.0588 e. The largest absolute Gasteiger partial charge is 0.378 e. The molecule has 1 heterocycles. The van der Waals surface area contributed by atoms with Crippen molar-refractivity contribution in [2.45, 2.75) is 58.0 Å². The molecule has 1 atom stereocenters. The van der Waals surface area contributed by atoms with E-state index in [0.717, 1.165) is 13.2 Å². The Morgan fingerprint density at radius 2 is 2.20 bits per heavy atom. The predicted octanol–water partition coefficient (Wildman–Crippen LogP) is 2.73. The van der Waals surface area contributed by atoms with Gasteiger partial charge in [0, 0.05) is 13.2 Å². The average Bonchev–Trinajstić information content (AvgIpc) is 2.68. The summed E-state index contributed by atoms with van der Waals surface area (Å²) in [5, 5.41) is 3.63. The van der Waals surface area contributed by atoms with E-state index < -0.39 is 0 Å². The van der Waals surface area contributed by atoms with E-state index in [-0.39, 0.29) is 0 Å². The number of hydrogen-bond donors (Lipinski definition) is 1. The fraction of sp³-hybridized carbons (Fsp3) is 1.00. The summed E-state index contributed by atoms with van der Waals surface area (Å²) in [7, 11) is 0. The molecule has 2 fully saturated rings. The molecule has 1 unspecified atom stereocenters. The van der Waals surface area contributed by atoms with Gasteiger partial charge in [0.1, 0.15) is 0 Å². The fourth-order valence-corrected chi connectivity index (χ4v) is 2.82. The topological polar surface area (TPSA) is 21.3 Å². The summed E-state index contributed by atoms with van der Waals surface area (Å²) in [6, 6.07) is 0. The van der Waals surface area contributed by atoms with Crippen molar-refractivity contribution in [3.63, 3.8) is 0 Å². The van der Waals surface area contributed by atoms with Gasteiger partial charge in [0.15, 0.2) is 0 Å². The molecule has 1 saturated carbocycles. The van der Waals surface area contributed by atoms with Crippen LogP contribution in [-0.4, -0.2) is 25.8 Å². The van der Waals surface area contributed by atoms with Crippen molar-refractivity contribution in [1.29, 1.82) is 0 Å². The molecule has 0 amide bonds. The molecule has 0 aromatic rings. The van der Waals surface area contributed by atoms with Crippen molar-refractivity contribution in [3.05, 3.63) is 0 Å². The van der Waals surface area contributed by atoms with Crippen molar-refractivity contribution in [2.75, 3.05) is 19.7 Å². The van der Waals surface area contributed by atoms with Crippen LogP contribution in [0.1, 0.15) is 51.9 Å². The molecule has 1 N–H and O–H groups in total. The van der Waals surface area contributed by atoms with Crippen LogP contribution in [0.25, 0.3) is 0 Å². The van der Waals surface area contributed by atoms with Gasteiger partial charge in [-0.25, -0.2) is 0 Å². The predicted molar refractivity (Wildman–Crippen MR) is 63.0 cm³/mol. The first-order chi connectivity index (χ1) is 7.35. The number of nitrogens with one attached hydrogen (secondary N) is 1. The van der Waals surface area contributed by atoms with Gasteiger partial charge in [-0.3, -0.25) is 0 Å². The van der Waals surface area contributed by atoms with E-state index in [4.69, 9.17) is 4.74 Å². The molecule has 1 aliphatic heterocycles. The average molecular weight is 211 g/mol. The summed E-state index contributed by atoms with van der Waals surface area (Å²) in [5.41, 5.74) is 0.663. The van der Waals surface area contributed by atoms with Crippen molar-refractivity contribution < 1.29 is 4.74 Å². The Morgan fingerprint density at radius 3 is 2.73 bits per heavy atom. The molecule has 2 rings (SSSR count). The van der Waals surface area contributed by atoms with Crippen LogP contribution in [0.3, 0.4) is 0 Å². The zero-order chi connectivity index (χ0) is 10.6. The van der Waals surface area contributed by atoms with Crippen molar-refractivity contribution >= 4 is 0 Å². The minimum atomic E-state index is 0.552. The minimum absolute atomic E-state index is 0.552. The SMILES string of the molecule is CCC1(CNCCC2CCCO2)CCC1. The highest BCUT2D eigenvalue weighted by Crippen LogP contribution is 2.42. The van der Waals surface area contributed by atoms with Gasteiger partial charge < -0.3 is 10.1 Å². The molecule has 0 aromatic heterocycles. The first-order valence-electron chi connectivity index (χ1n) is 6.67. The van der Waals surface area contributed by atoms with E-state index in [1.807, 2.05) is 0 Å². The van der Waals surface area contributed by atoms with Gasteiger partial charge >= 0.3 is 0 Å². The lowest BCUT2D eigenvalue weighted by Gasteiger charge is -2.41. The molecule has 0 radical (unpaired) electrons. The maximum absolute atomic E-state index is 5.61. The van der Waals surface area contributed by atoms with Gasteiger partial charge in [0.05, 0.1) is 6.10 Å². The summed E-state index contributed by atoms with van der Waals surface area (Å²) < 4.78 is 5.61. The van der Waals surface area contributed by atoms with E-state index >= 15 is 0 Å². The molecule has 1 saturated heterocycles. The molecule has 2 nitrogen and oxygen atoms in total. The maximum Gasteiger partial charge on any atom is 0.0588 e. The zero-order valence-corrected chi connectivity index (χ0v) is 10.1. The fourth-order valence-electron chi connectivity index (χ4n) is 2.82. The van der Waals surface area contributed by atoms with E-state index in [9.17, 15) is 0 Å². The molecule has 2 aliphatic rings. The van der Waals surface area contributed by atoms with E-state index in [2.05, 4.69) is 12.2 Å². The number of ether oxygens (including phenoxy) is 1. The minimum Gasteiger partial charge on any atom is -0.378 e. The third kappa shape index (κ3) is 2.94. The van der Waals surface area contributed by atoms with Gasteiger partial charge in [-0.2, -0.15) is 0 Å². The van der Waals surface area contributed by atoms with Crippen LogP contribution in [0.5, 0.6) is 0 Å². The molecule has 0 bridgehead atoms. The molecule has 1 aliphatic carbocycles. The van der Waals surface area contributed by atoms with Crippen molar-refractivity contribution in [1.82, 2.24) is 5.32 Å². The molecular weight excluding hydrogens is 186 g/mol. The molecule has 2 heteroatoms. The van der Waals surface area contributed by atoms with Crippen LogP contribution in [0.4, 0.5) is 0 Å². The van der Waals surface area contributed by atoms with Crippen LogP contribution in [-0.2, 0) is 4.74 Å². The molecule has 0 spiro atoms. The Hall–Kier alpha value is -0.0800. The van der Waals surface area contributed by atoms with Gasteiger partial charge in [-0.15, -0.1) is 0 Å². The monoisotopic (exact) mass is 211 g/mol. The summed E-state index contributed by atoms with van der Waals surface area (Å²) >= 11 is 0. The van der Waals surface area contributed by atoms with Gasteiger partial charge in [-0.1, -0.05) is 13.3 Å². The van der Waals surface area contributed by atoms with Crippen LogP contribution in [0.15, 0.2) is 0 Å². The lowest BCUT2D eigenvalue weighted by molar-refractivity contribution is 0.0967. The molecule has 15 heavy (non-hydrogen) atoms. The summed E-state index contributed by atoms with van der Waals surface area (Å²) in [6.45, 7) is 5.70. The van der Waals surface area contributed by atoms with Gasteiger partial charge in [0.25, 0.3) is 0 Å². The van der Waals surface area contributed by atoms with E-state index in [1.54, 1.807) is 0 Å². The highest BCUT2D eigenvalue weighted by Gasteiger charge is 2.34. The van der Waals surface area contributed by atoms with E-state index in [0.29, 0.717) is 11.5 Å². The summed E-state index contributed by atoms with van der Waals surface area (Å²) in [6.07, 6.45) is 9.98. The molecule has 0 aromatic carbocycles. The second-order valence-electron chi connectivity index (χ2n) is 5.31. The second kappa shape index (κ2) is 5.31. The lowest BCUT2D eigenvalue weighted by Crippen LogP contribution is -2.40. The summed E-state index contributed by atoms with van der Waals surface area (Å²) in [5.74, 6) is 0. The van der Waals surface area contributed by atoms with E-state index in [1.165, 1.54) is 51.5 Å². The Kier molecular flexibility index (Phi) is 4.04. The highest BCUT2D eigenvalue weighted by molar-refractivity contribution is 4.88. The summed E-state index contributed by atoms with van der Waals surface area (Å²) in [4.78, 5) is 0. The zero-order valence-electron chi connectivity index (χ0n) is 10.1. The first-order valence-corrected chi connectivity index (χ1v) is 6.67. The van der Waals surface area contributed by atoms with Crippen LogP contribution < -0.4 is 5.32 Å². The quantitative estimate of drug-likeness (QED) is 0.682. The van der Waals surface area contributed by atoms with Gasteiger partial charge in [0.2, 0.25) is 0 Å². The Bertz CT molecular complexity index is 177. The normalized spacial score (nSPS) is 29.0. The Labute approximate surface area is 93.8 Å². The van der Waals surface area contributed by atoms with Crippen LogP contribution >= 0.6 is 0 Å². The van der Waals surface area contributed by atoms with Gasteiger partial charge in [-0.05, 0) is 50.5 Å². The lowest BCUT2D eigenvalue weighted by atomic mass is 9.67. The molecule has 88 valence electrons. The number of rotatable bonds is 6. The molecular formula is C13H25NO. The van der Waals surface area contributed by atoms with Crippen molar-refractivity contribution in [2.24, 2.45) is 5.41 Å². The van der Waals surface area contributed by atoms with Crippen LogP contribution in [0, 0.1) is 5.41 Å². The maximum atomic E-state index is 5.61. The Balaban J connectivity index is 1.54. The first kappa shape index (κ1) is 11.4. The third-order valence-electron chi connectivity index (χ3n) is 4.33. The second-order valence-corrected chi connectivity index (χ2v) is 5.31. The number of hydrogen-bond acceptors (Lipinski definition) is 2. The highest BCUT2D eigenvalue weighted by atomic mass is 16.5. The van der Waals surface area contributed by atoms with Crippen LogP contribution in [0.2, 0.25) is 0 Å². The third-order valence-corrected chi connectivity index (χ3v) is 4.33. The van der Waals surface area contributed by atoms with Crippen molar-refractivity contribution in [3.8, 4) is 0 Å². The Morgan fingerprint density at radius 1 is 1.33 bits per heavy atom.